The largest absolute Gasteiger partial charge is 0.0720 e. The number of rotatable bonds is 2. The highest BCUT2D eigenvalue weighted by Gasteiger charge is 2.23. The van der Waals surface area contributed by atoms with Gasteiger partial charge >= 0.3 is 0 Å². The summed E-state index contributed by atoms with van der Waals surface area (Å²) in [5, 5.41) is 2.61. The van der Waals surface area contributed by atoms with Crippen LogP contribution in [0.25, 0.3) is 28.0 Å². The molecule has 4 aromatic rings. The van der Waals surface area contributed by atoms with E-state index in [9.17, 15) is 0 Å². The normalized spacial score (nSPS) is 15.3. The first-order chi connectivity index (χ1) is 12.8. The first-order valence-electron chi connectivity index (χ1n) is 9.18. The number of hydrogen-bond acceptors (Lipinski definition) is 0. The molecule has 0 bridgehead atoms. The van der Waals surface area contributed by atoms with E-state index in [4.69, 9.17) is 0 Å². The quantitative estimate of drug-likeness (QED) is 0.371. The molecule has 1 unspecified atom stereocenters. The molecule has 0 saturated carbocycles. The van der Waals surface area contributed by atoms with E-state index in [2.05, 4.69) is 104 Å². The molecule has 4 aromatic carbocycles. The molecule has 1 aliphatic carbocycles. The van der Waals surface area contributed by atoms with Crippen molar-refractivity contribution in [3.05, 3.63) is 113 Å². The lowest BCUT2D eigenvalue weighted by atomic mass is 9.87. The number of hydrogen-bond donors (Lipinski definition) is 0. The predicted octanol–water partition coefficient (Wildman–Crippen LogP) is 6.97. The Morgan fingerprint density at radius 2 is 1.31 bits per heavy atom. The van der Waals surface area contributed by atoms with Gasteiger partial charge < -0.3 is 0 Å². The van der Waals surface area contributed by atoms with Crippen molar-refractivity contribution in [2.24, 2.45) is 0 Å². The Hall–Kier alpha value is -3.12. The van der Waals surface area contributed by atoms with Crippen molar-refractivity contribution in [2.75, 3.05) is 0 Å². The fraction of sp³-hybridized carbons (Fsp3) is 0.0769. The maximum absolute atomic E-state index is 2.35. The number of aryl methyl sites for hydroxylation is 1. The van der Waals surface area contributed by atoms with Crippen LogP contribution in [-0.2, 0) is 0 Å². The van der Waals surface area contributed by atoms with Crippen LogP contribution in [0.3, 0.4) is 0 Å². The van der Waals surface area contributed by atoms with Gasteiger partial charge in [-0.3, -0.25) is 0 Å². The minimum Gasteiger partial charge on any atom is -0.0720 e. The Balaban J connectivity index is 1.71. The first-order valence-corrected chi connectivity index (χ1v) is 9.18. The van der Waals surface area contributed by atoms with Crippen LogP contribution in [0.4, 0.5) is 0 Å². The van der Waals surface area contributed by atoms with Crippen LogP contribution < -0.4 is 0 Å². The van der Waals surface area contributed by atoms with Crippen molar-refractivity contribution >= 4 is 16.8 Å². The Morgan fingerprint density at radius 1 is 0.615 bits per heavy atom. The van der Waals surface area contributed by atoms with Gasteiger partial charge in [-0.15, -0.1) is 0 Å². The third kappa shape index (κ3) is 2.30. The fourth-order valence-corrected chi connectivity index (χ4v) is 4.24. The summed E-state index contributed by atoms with van der Waals surface area (Å²) in [7, 11) is 0. The van der Waals surface area contributed by atoms with Crippen LogP contribution in [0, 0.1) is 6.92 Å². The lowest BCUT2D eigenvalue weighted by Gasteiger charge is -2.16. The van der Waals surface area contributed by atoms with E-state index in [0.717, 1.165) is 0 Å². The van der Waals surface area contributed by atoms with Crippen LogP contribution in [-0.4, -0.2) is 0 Å². The number of benzene rings is 4. The van der Waals surface area contributed by atoms with Crippen LogP contribution in [0.1, 0.15) is 28.2 Å². The minimum atomic E-state index is 0.348. The van der Waals surface area contributed by atoms with Crippen molar-refractivity contribution in [2.45, 2.75) is 12.8 Å². The highest BCUT2D eigenvalue weighted by Crippen LogP contribution is 2.42. The summed E-state index contributed by atoms with van der Waals surface area (Å²) in [5.41, 5.74) is 8.16. The van der Waals surface area contributed by atoms with Gasteiger partial charge in [0.25, 0.3) is 0 Å². The van der Waals surface area contributed by atoms with Crippen LogP contribution in [0.2, 0.25) is 0 Å². The average Bonchev–Trinajstić information content (AvgIpc) is 3.12. The summed E-state index contributed by atoms with van der Waals surface area (Å²) in [6.45, 7) is 2.20. The van der Waals surface area contributed by atoms with Crippen molar-refractivity contribution in [1.29, 1.82) is 0 Å². The van der Waals surface area contributed by atoms with E-state index < -0.39 is 0 Å². The molecule has 1 atom stereocenters. The molecule has 124 valence electrons. The minimum absolute atomic E-state index is 0.348. The van der Waals surface area contributed by atoms with Crippen molar-refractivity contribution in [3.8, 4) is 11.1 Å². The molecular weight excluding hydrogens is 312 g/mol. The zero-order valence-corrected chi connectivity index (χ0v) is 14.8. The molecule has 0 N–H and O–H groups in total. The summed E-state index contributed by atoms with van der Waals surface area (Å²) in [4.78, 5) is 0. The molecule has 0 heteroatoms. The Morgan fingerprint density at radius 3 is 2.23 bits per heavy atom. The van der Waals surface area contributed by atoms with Gasteiger partial charge in [0, 0.05) is 5.92 Å². The van der Waals surface area contributed by atoms with Gasteiger partial charge in [0.1, 0.15) is 0 Å². The van der Waals surface area contributed by atoms with Gasteiger partial charge in [-0.2, -0.15) is 0 Å². The van der Waals surface area contributed by atoms with Crippen molar-refractivity contribution in [1.82, 2.24) is 0 Å². The molecule has 5 rings (SSSR count). The summed E-state index contributed by atoms with van der Waals surface area (Å²) in [6.07, 6.45) is 4.66. The molecule has 0 fully saturated rings. The van der Waals surface area contributed by atoms with E-state index in [1.807, 2.05) is 0 Å². The smallest absolute Gasteiger partial charge is 0.0281 e. The van der Waals surface area contributed by atoms with Crippen LogP contribution in [0.5, 0.6) is 0 Å². The number of fused-ring (bicyclic) bond motifs is 2. The standard InChI is InChI=1S/C26H20/c1-18-8-2-4-11-20(18)25-16-17-26-23(14-7-15-24(25)26)22-13-6-10-19-9-3-5-12-21(19)22/h2-17,25H,1H3. The Bertz CT molecular complexity index is 1140. The summed E-state index contributed by atoms with van der Waals surface area (Å²) >= 11 is 0. The van der Waals surface area contributed by atoms with Gasteiger partial charge in [0.15, 0.2) is 0 Å². The second kappa shape index (κ2) is 6.00. The summed E-state index contributed by atoms with van der Waals surface area (Å²) in [5.74, 6) is 0.348. The zero-order valence-electron chi connectivity index (χ0n) is 14.8. The maximum atomic E-state index is 2.35. The van der Waals surface area contributed by atoms with Gasteiger partial charge in [0.2, 0.25) is 0 Å². The third-order valence-electron chi connectivity index (χ3n) is 5.53. The Kier molecular flexibility index (Phi) is 3.50. The highest BCUT2D eigenvalue weighted by atomic mass is 14.3. The van der Waals surface area contributed by atoms with Gasteiger partial charge in [-0.25, -0.2) is 0 Å². The molecule has 1 aliphatic rings. The zero-order chi connectivity index (χ0) is 17.5. The van der Waals surface area contributed by atoms with Crippen molar-refractivity contribution in [3.63, 3.8) is 0 Å². The van der Waals surface area contributed by atoms with Crippen LogP contribution in [0.15, 0.2) is 91.0 Å². The van der Waals surface area contributed by atoms with Gasteiger partial charge in [-0.1, -0.05) is 97.1 Å². The monoisotopic (exact) mass is 332 g/mol. The van der Waals surface area contributed by atoms with Crippen molar-refractivity contribution < 1.29 is 0 Å². The van der Waals surface area contributed by atoms with E-state index in [0.29, 0.717) is 5.92 Å². The highest BCUT2D eigenvalue weighted by molar-refractivity contribution is 5.99. The SMILES string of the molecule is Cc1ccccc1C1C=Cc2c(-c3cccc4ccccc34)cccc21. The van der Waals surface area contributed by atoms with Gasteiger partial charge in [-0.05, 0) is 51.1 Å². The number of allylic oxidation sites excluding steroid dienone is 1. The predicted molar refractivity (Wildman–Crippen MR) is 111 cm³/mol. The van der Waals surface area contributed by atoms with Crippen LogP contribution >= 0.6 is 0 Å². The molecule has 0 aromatic heterocycles. The van der Waals surface area contributed by atoms with Gasteiger partial charge in [0.05, 0.1) is 0 Å². The first kappa shape index (κ1) is 15.2. The lowest BCUT2D eigenvalue weighted by Crippen LogP contribution is -1.99. The average molecular weight is 332 g/mol. The topological polar surface area (TPSA) is 0 Å². The lowest BCUT2D eigenvalue weighted by molar-refractivity contribution is 1.03. The molecule has 0 aliphatic heterocycles. The molecule has 0 saturated heterocycles. The molecule has 0 heterocycles. The molecule has 0 amide bonds. The summed E-state index contributed by atoms with van der Waals surface area (Å²) < 4.78 is 0. The molecule has 0 spiro atoms. The maximum Gasteiger partial charge on any atom is 0.0281 e. The second-order valence-electron chi connectivity index (χ2n) is 7.03. The molecule has 26 heavy (non-hydrogen) atoms. The summed E-state index contributed by atoms with van der Waals surface area (Å²) in [6, 6.07) is 30.7. The molecule has 0 nitrogen and oxygen atoms in total. The second-order valence-corrected chi connectivity index (χ2v) is 7.03. The van der Waals surface area contributed by atoms with E-state index in [-0.39, 0.29) is 0 Å². The van der Waals surface area contributed by atoms with E-state index >= 15 is 0 Å². The third-order valence-corrected chi connectivity index (χ3v) is 5.53. The fourth-order valence-electron chi connectivity index (χ4n) is 4.24. The molecular formula is C26H20. The van der Waals surface area contributed by atoms with E-state index in [1.165, 1.54) is 44.2 Å². The molecule has 0 radical (unpaired) electrons. The van der Waals surface area contributed by atoms with E-state index in [1.54, 1.807) is 0 Å². The Labute approximate surface area is 154 Å².